The highest BCUT2D eigenvalue weighted by atomic mass is 16.5. The quantitative estimate of drug-likeness (QED) is 0.731. The average Bonchev–Trinajstić information content (AvgIpc) is 3.35. The van der Waals surface area contributed by atoms with Gasteiger partial charge in [0.2, 0.25) is 0 Å². The van der Waals surface area contributed by atoms with Crippen molar-refractivity contribution in [2.24, 2.45) is 0 Å². The smallest absolute Gasteiger partial charge is 0.253 e. The van der Waals surface area contributed by atoms with Gasteiger partial charge in [0.25, 0.3) is 5.91 Å². The van der Waals surface area contributed by atoms with Crippen molar-refractivity contribution in [3.8, 4) is 5.75 Å². The third kappa shape index (κ3) is 3.08. The number of benzene rings is 1. The highest BCUT2D eigenvalue weighted by Gasteiger charge is 2.32. The van der Waals surface area contributed by atoms with Crippen LogP contribution in [0.2, 0.25) is 0 Å². The standard InChI is InChI=1S/C17H19N5O3/c1-2-22-8-12(7-19-22)25-15-10-24-9-14(15)20-17(23)13-5-3-4-11-6-18-21-16(11)13/h3-8,14-15H,2,9-10H2,1H3,(H,18,21)(H,20,23)/t14-,15+/m0/s1. The van der Waals surface area contributed by atoms with Crippen molar-refractivity contribution in [2.45, 2.75) is 25.6 Å². The topological polar surface area (TPSA) is 94.1 Å². The molecule has 25 heavy (non-hydrogen) atoms. The van der Waals surface area contributed by atoms with Crippen LogP contribution < -0.4 is 10.1 Å². The highest BCUT2D eigenvalue weighted by Crippen LogP contribution is 2.19. The number of nitrogens with one attached hydrogen (secondary N) is 2. The number of amides is 1. The summed E-state index contributed by atoms with van der Waals surface area (Å²) in [7, 11) is 0. The Hall–Kier alpha value is -2.87. The van der Waals surface area contributed by atoms with E-state index in [0.29, 0.717) is 24.5 Å². The summed E-state index contributed by atoms with van der Waals surface area (Å²) in [5.74, 6) is 0.496. The third-order valence-corrected chi connectivity index (χ3v) is 4.29. The summed E-state index contributed by atoms with van der Waals surface area (Å²) in [5, 5.41) is 15.0. The third-order valence-electron chi connectivity index (χ3n) is 4.29. The number of hydrogen-bond acceptors (Lipinski definition) is 5. The Labute approximate surface area is 144 Å². The van der Waals surface area contributed by atoms with Crippen LogP contribution in [0.5, 0.6) is 5.75 Å². The summed E-state index contributed by atoms with van der Waals surface area (Å²) >= 11 is 0. The Kier molecular flexibility index (Phi) is 4.10. The van der Waals surface area contributed by atoms with E-state index < -0.39 is 0 Å². The van der Waals surface area contributed by atoms with Crippen molar-refractivity contribution in [3.63, 3.8) is 0 Å². The summed E-state index contributed by atoms with van der Waals surface area (Å²) in [4.78, 5) is 12.7. The maximum atomic E-state index is 12.7. The van der Waals surface area contributed by atoms with Gasteiger partial charge in [-0.3, -0.25) is 14.6 Å². The molecule has 4 rings (SSSR count). The molecule has 2 atom stereocenters. The van der Waals surface area contributed by atoms with E-state index in [2.05, 4.69) is 20.6 Å². The largest absolute Gasteiger partial charge is 0.482 e. The van der Waals surface area contributed by atoms with Gasteiger partial charge in [-0.15, -0.1) is 0 Å². The fourth-order valence-corrected chi connectivity index (χ4v) is 2.94. The molecule has 3 aromatic rings. The van der Waals surface area contributed by atoms with Crippen LogP contribution >= 0.6 is 0 Å². The molecule has 3 heterocycles. The summed E-state index contributed by atoms with van der Waals surface area (Å²) in [5.41, 5.74) is 1.28. The number of nitrogens with zero attached hydrogens (tertiary/aromatic N) is 3. The van der Waals surface area contributed by atoms with E-state index in [1.165, 1.54) is 0 Å². The molecule has 130 valence electrons. The van der Waals surface area contributed by atoms with Gasteiger partial charge in [-0.1, -0.05) is 12.1 Å². The van der Waals surface area contributed by atoms with Crippen LogP contribution in [-0.4, -0.2) is 51.2 Å². The van der Waals surface area contributed by atoms with Crippen molar-refractivity contribution in [1.29, 1.82) is 0 Å². The SMILES string of the molecule is CCn1cc(O[C@@H]2COC[C@@H]2NC(=O)c2cccc3cn[nH]c23)cn1. The lowest BCUT2D eigenvalue weighted by Gasteiger charge is -2.19. The fraction of sp³-hybridized carbons (Fsp3) is 0.353. The lowest BCUT2D eigenvalue weighted by atomic mass is 10.1. The van der Waals surface area contributed by atoms with Crippen LogP contribution in [0.3, 0.4) is 0 Å². The number of fused-ring (bicyclic) bond motifs is 1. The van der Waals surface area contributed by atoms with E-state index >= 15 is 0 Å². The first-order valence-corrected chi connectivity index (χ1v) is 8.24. The molecule has 0 aliphatic carbocycles. The predicted octanol–water partition coefficient (Wildman–Crippen LogP) is 1.36. The molecule has 0 radical (unpaired) electrons. The van der Waals surface area contributed by atoms with Crippen LogP contribution in [0.25, 0.3) is 10.9 Å². The van der Waals surface area contributed by atoms with Crippen molar-refractivity contribution < 1.29 is 14.3 Å². The second-order valence-electron chi connectivity index (χ2n) is 5.95. The molecule has 1 amide bonds. The Morgan fingerprint density at radius 1 is 1.44 bits per heavy atom. The van der Waals surface area contributed by atoms with Gasteiger partial charge in [-0.05, 0) is 13.0 Å². The number of carbonyl (C=O) groups excluding carboxylic acids is 1. The number of hydrogen-bond donors (Lipinski definition) is 2. The van der Waals surface area contributed by atoms with E-state index in [1.807, 2.05) is 25.3 Å². The predicted molar refractivity (Wildman–Crippen MR) is 90.5 cm³/mol. The number of para-hydroxylation sites is 1. The molecular formula is C17H19N5O3. The van der Waals surface area contributed by atoms with Crippen molar-refractivity contribution in [3.05, 3.63) is 42.4 Å². The van der Waals surface area contributed by atoms with Gasteiger partial charge < -0.3 is 14.8 Å². The molecule has 1 aromatic carbocycles. The Bertz CT molecular complexity index is 887. The number of aryl methyl sites for hydroxylation is 1. The van der Waals surface area contributed by atoms with Crippen molar-refractivity contribution in [1.82, 2.24) is 25.3 Å². The lowest BCUT2D eigenvalue weighted by Crippen LogP contribution is -2.45. The van der Waals surface area contributed by atoms with Crippen LogP contribution in [0.1, 0.15) is 17.3 Å². The number of carbonyl (C=O) groups is 1. The monoisotopic (exact) mass is 341 g/mol. The molecule has 0 bridgehead atoms. The molecule has 8 heteroatoms. The molecule has 8 nitrogen and oxygen atoms in total. The Balaban J connectivity index is 1.47. The number of aromatic nitrogens is 4. The van der Waals surface area contributed by atoms with Crippen molar-refractivity contribution >= 4 is 16.8 Å². The molecule has 2 aromatic heterocycles. The van der Waals surface area contributed by atoms with Gasteiger partial charge in [0.05, 0.1) is 48.9 Å². The zero-order chi connectivity index (χ0) is 17.2. The fourth-order valence-electron chi connectivity index (χ4n) is 2.94. The maximum absolute atomic E-state index is 12.7. The Morgan fingerprint density at radius 3 is 3.20 bits per heavy atom. The molecule has 1 fully saturated rings. The molecular weight excluding hydrogens is 322 g/mol. The van der Waals surface area contributed by atoms with Gasteiger partial charge in [-0.2, -0.15) is 10.2 Å². The molecule has 0 unspecified atom stereocenters. The number of rotatable bonds is 5. The first-order valence-electron chi connectivity index (χ1n) is 8.24. The summed E-state index contributed by atoms with van der Waals surface area (Å²) in [6, 6.07) is 5.29. The summed E-state index contributed by atoms with van der Waals surface area (Å²) < 4.78 is 13.2. The second kappa shape index (κ2) is 6.56. The van der Waals surface area contributed by atoms with Gasteiger partial charge in [0.1, 0.15) is 6.10 Å². The van der Waals surface area contributed by atoms with E-state index in [4.69, 9.17) is 9.47 Å². The molecule has 1 saturated heterocycles. The minimum atomic E-state index is -0.251. The molecule has 0 spiro atoms. The van der Waals surface area contributed by atoms with E-state index in [1.54, 1.807) is 23.1 Å². The van der Waals surface area contributed by atoms with Gasteiger partial charge in [0.15, 0.2) is 5.75 Å². The van der Waals surface area contributed by atoms with Crippen LogP contribution in [0.15, 0.2) is 36.8 Å². The average molecular weight is 341 g/mol. The normalized spacial score (nSPS) is 20.0. The van der Waals surface area contributed by atoms with Crippen LogP contribution in [0, 0.1) is 0 Å². The zero-order valence-electron chi connectivity index (χ0n) is 13.8. The first kappa shape index (κ1) is 15.6. The molecule has 1 aliphatic rings. The highest BCUT2D eigenvalue weighted by molar-refractivity contribution is 6.05. The maximum Gasteiger partial charge on any atom is 0.253 e. The first-order chi connectivity index (χ1) is 12.2. The molecule has 2 N–H and O–H groups in total. The van der Waals surface area contributed by atoms with Crippen LogP contribution in [-0.2, 0) is 11.3 Å². The number of ether oxygens (including phenoxy) is 2. The summed E-state index contributed by atoms with van der Waals surface area (Å²) in [6.45, 7) is 3.63. The van der Waals surface area contributed by atoms with Gasteiger partial charge in [0, 0.05) is 11.9 Å². The van der Waals surface area contributed by atoms with E-state index in [9.17, 15) is 4.79 Å². The molecule has 1 aliphatic heterocycles. The number of aromatic amines is 1. The van der Waals surface area contributed by atoms with Crippen molar-refractivity contribution in [2.75, 3.05) is 13.2 Å². The lowest BCUT2D eigenvalue weighted by molar-refractivity contribution is 0.0905. The Morgan fingerprint density at radius 2 is 2.36 bits per heavy atom. The zero-order valence-corrected chi connectivity index (χ0v) is 13.8. The van der Waals surface area contributed by atoms with Gasteiger partial charge >= 0.3 is 0 Å². The second-order valence-corrected chi connectivity index (χ2v) is 5.95. The van der Waals surface area contributed by atoms with Gasteiger partial charge in [-0.25, -0.2) is 0 Å². The summed E-state index contributed by atoms with van der Waals surface area (Å²) in [6.07, 6.45) is 4.95. The minimum Gasteiger partial charge on any atom is -0.482 e. The van der Waals surface area contributed by atoms with E-state index in [-0.39, 0.29) is 18.1 Å². The van der Waals surface area contributed by atoms with Crippen LogP contribution in [0.4, 0.5) is 0 Å². The molecule has 0 saturated carbocycles. The minimum absolute atomic E-state index is 0.178. The van der Waals surface area contributed by atoms with E-state index in [0.717, 1.165) is 17.4 Å². The number of H-pyrrole nitrogens is 1.